The summed E-state index contributed by atoms with van der Waals surface area (Å²) in [6.07, 6.45) is 2.81. The van der Waals surface area contributed by atoms with E-state index < -0.39 is 0 Å². The summed E-state index contributed by atoms with van der Waals surface area (Å²) in [6.45, 7) is 0.590. The molecular weight excluding hydrogens is 294 g/mol. The van der Waals surface area contributed by atoms with Gasteiger partial charge in [0.25, 0.3) is 0 Å². The number of aromatic nitrogens is 2. The first-order valence-electron chi connectivity index (χ1n) is 5.99. The zero-order chi connectivity index (χ0) is 12.6. The molecular formula is C13H14BrN3O. The van der Waals surface area contributed by atoms with Crippen LogP contribution in [0.3, 0.4) is 0 Å². The summed E-state index contributed by atoms with van der Waals surface area (Å²) in [5, 5.41) is 4.03. The fraction of sp³-hybridized carbons (Fsp3) is 0.385. The minimum absolute atomic E-state index is 0.0229. The first-order chi connectivity index (χ1) is 8.72. The zero-order valence-corrected chi connectivity index (χ0v) is 11.5. The topological polar surface area (TPSA) is 64.9 Å². The minimum atomic E-state index is -0.0229. The van der Waals surface area contributed by atoms with Gasteiger partial charge >= 0.3 is 0 Å². The highest BCUT2D eigenvalue weighted by Gasteiger charge is 2.48. The number of halogens is 1. The van der Waals surface area contributed by atoms with Crippen LogP contribution < -0.4 is 5.73 Å². The van der Waals surface area contributed by atoms with Crippen molar-refractivity contribution in [2.24, 2.45) is 5.73 Å². The van der Waals surface area contributed by atoms with Crippen molar-refractivity contribution in [2.45, 2.75) is 24.7 Å². The normalized spacial score (nSPS) is 16.8. The van der Waals surface area contributed by atoms with E-state index in [4.69, 9.17) is 10.3 Å². The van der Waals surface area contributed by atoms with Crippen LogP contribution in [0.5, 0.6) is 0 Å². The molecule has 3 rings (SSSR count). The van der Waals surface area contributed by atoms with E-state index in [2.05, 4.69) is 38.2 Å². The molecule has 1 aliphatic rings. The molecule has 0 aliphatic heterocycles. The Morgan fingerprint density at radius 1 is 1.28 bits per heavy atom. The van der Waals surface area contributed by atoms with Crippen LogP contribution in [0.25, 0.3) is 0 Å². The molecule has 1 aliphatic carbocycles. The van der Waals surface area contributed by atoms with E-state index in [1.54, 1.807) is 0 Å². The maximum absolute atomic E-state index is 5.75. The van der Waals surface area contributed by atoms with Crippen LogP contribution >= 0.6 is 15.9 Å². The van der Waals surface area contributed by atoms with Crippen molar-refractivity contribution in [1.82, 2.24) is 10.1 Å². The predicted molar refractivity (Wildman–Crippen MR) is 71.2 cm³/mol. The fourth-order valence-electron chi connectivity index (χ4n) is 1.98. The molecule has 0 atom stereocenters. The molecule has 4 nitrogen and oxygen atoms in total. The van der Waals surface area contributed by atoms with Crippen LogP contribution in [0.15, 0.2) is 33.3 Å². The Bertz CT molecular complexity index is 546. The number of hydrogen-bond acceptors (Lipinski definition) is 4. The number of nitrogens with two attached hydrogens (primary N) is 1. The summed E-state index contributed by atoms with van der Waals surface area (Å²) in [4.78, 5) is 4.46. The molecule has 1 heterocycles. The second-order valence-electron chi connectivity index (χ2n) is 4.80. The smallest absolute Gasteiger partial charge is 0.234 e. The van der Waals surface area contributed by atoms with Crippen LogP contribution in [0, 0.1) is 0 Å². The van der Waals surface area contributed by atoms with Gasteiger partial charge in [-0.25, -0.2) is 0 Å². The van der Waals surface area contributed by atoms with Gasteiger partial charge in [-0.05, 0) is 30.5 Å². The van der Waals surface area contributed by atoms with Crippen molar-refractivity contribution in [2.75, 3.05) is 6.54 Å². The zero-order valence-electron chi connectivity index (χ0n) is 9.90. The van der Waals surface area contributed by atoms with Gasteiger partial charge in [-0.15, -0.1) is 0 Å². The lowest BCUT2D eigenvalue weighted by molar-refractivity contribution is 0.344. The number of benzene rings is 1. The van der Waals surface area contributed by atoms with Gasteiger partial charge in [0.05, 0.1) is 5.41 Å². The van der Waals surface area contributed by atoms with Crippen molar-refractivity contribution in [3.05, 3.63) is 46.0 Å². The maximum atomic E-state index is 5.75. The standard InChI is InChI=1S/C13H14BrN3O/c14-10-3-1-9(2-4-10)7-11-16-12(18-17-11)13(8-15)5-6-13/h1-4H,5-8,15H2. The van der Waals surface area contributed by atoms with Crippen molar-refractivity contribution < 1.29 is 4.52 Å². The fourth-order valence-corrected chi connectivity index (χ4v) is 2.25. The Morgan fingerprint density at radius 3 is 2.61 bits per heavy atom. The number of nitrogens with zero attached hydrogens (tertiary/aromatic N) is 2. The molecule has 0 radical (unpaired) electrons. The molecule has 5 heteroatoms. The Labute approximate surface area is 114 Å². The average molecular weight is 308 g/mol. The van der Waals surface area contributed by atoms with E-state index in [9.17, 15) is 0 Å². The van der Waals surface area contributed by atoms with E-state index >= 15 is 0 Å². The third-order valence-electron chi connectivity index (χ3n) is 3.44. The lowest BCUT2D eigenvalue weighted by Crippen LogP contribution is -2.20. The third kappa shape index (κ3) is 2.20. The quantitative estimate of drug-likeness (QED) is 0.942. The average Bonchev–Trinajstić information content (AvgIpc) is 3.06. The van der Waals surface area contributed by atoms with E-state index in [1.165, 1.54) is 5.56 Å². The van der Waals surface area contributed by atoms with E-state index in [0.717, 1.165) is 23.1 Å². The van der Waals surface area contributed by atoms with Gasteiger partial charge in [-0.1, -0.05) is 33.2 Å². The van der Waals surface area contributed by atoms with Crippen LogP contribution in [-0.2, 0) is 11.8 Å². The first kappa shape index (κ1) is 11.9. The molecule has 1 aromatic carbocycles. The summed E-state index contributed by atoms with van der Waals surface area (Å²) in [5.74, 6) is 1.43. The van der Waals surface area contributed by atoms with Crippen molar-refractivity contribution in [3.8, 4) is 0 Å². The van der Waals surface area contributed by atoms with Gasteiger partial charge in [0.2, 0.25) is 5.89 Å². The van der Waals surface area contributed by atoms with Crippen molar-refractivity contribution >= 4 is 15.9 Å². The SMILES string of the molecule is NCC1(c2nc(Cc3ccc(Br)cc3)no2)CC1. The molecule has 0 saturated heterocycles. The largest absolute Gasteiger partial charge is 0.339 e. The highest BCUT2D eigenvalue weighted by Crippen LogP contribution is 2.46. The highest BCUT2D eigenvalue weighted by molar-refractivity contribution is 9.10. The molecule has 2 N–H and O–H groups in total. The second kappa shape index (κ2) is 4.48. The Morgan fingerprint density at radius 2 is 2.00 bits per heavy atom. The minimum Gasteiger partial charge on any atom is -0.339 e. The Balaban J connectivity index is 1.76. The van der Waals surface area contributed by atoms with E-state index in [1.807, 2.05) is 12.1 Å². The molecule has 18 heavy (non-hydrogen) atoms. The second-order valence-corrected chi connectivity index (χ2v) is 5.72. The van der Waals surface area contributed by atoms with Gasteiger partial charge in [-0.3, -0.25) is 0 Å². The van der Waals surface area contributed by atoms with E-state index in [-0.39, 0.29) is 5.41 Å². The molecule has 1 aromatic heterocycles. The third-order valence-corrected chi connectivity index (χ3v) is 3.97. The van der Waals surface area contributed by atoms with Crippen LogP contribution in [0.1, 0.15) is 30.1 Å². The first-order valence-corrected chi connectivity index (χ1v) is 6.79. The highest BCUT2D eigenvalue weighted by atomic mass is 79.9. The van der Waals surface area contributed by atoms with Gasteiger partial charge in [0.1, 0.15) is 0 Å². The number of hydrogen-bond donors (Lipinski definition) is 1. The molecule has 94 valence electrons. The van der Waals surface area contributed by atoms with Crippen LogP contribution in [0.2, 0.25) is 0 Å². The summed E-state index contributed by atoms with van der Waals surface area (Å²) >= 11 is 3.42. The summed E-state index contributed by atoms with van der Waals surface area (Å²) < 4.78 is 6.40. The lowest BCUT2D eigenvalue weighted by Gasteiger charge is -2.03. The molecule has 0 unspecified atom stereocenters. The lowest BCUT2D eigenvalue weighted by atomic mass is 10.1. The monoisotopic (exact) mass is 307 g/mol. The van der Waals surface area contributed by atoms with Gasteiger partial charge < -0.3 is 10.3 Å². The molecule has 1 fully saturated rings. The van der Waals surface area contributed by atoms with Gasteiger partial charge in [-0.2, -0.15) is 4.98 Å². The van der Waals surface area contributed by atoms with E-state index in [0.29, 0.717) is 18.9 Å². The van der Waals surface area contributed by atoms with Gasteiger partial charge in [0.15, 0.2) is 5.82 Å². The summed E-state index contributed by atoms with van der Waals surface area (Å²) in [7, 11) is 0. The number of rotatable bonds is 4. The molecule has 0 spiro atoms. The molecule has 0 bridgehead atoms. The summed E-state index contributed by atoms with van der Waals surface area (Å²) in [6, 6.07) is 8.13. The molecule has 1 saturated carbocycles. The van der Waals surface area contributed by atoms with Crippen molar-refractivity contribution in [1.29, 1.82) is 0 Å². The Kier molecular flexibility index (Phi) is 2.95. The van der Waals surface area contributed by atoms with Crippen molar-refractivity contribution in [3.63, 3.8) is 0 Å². The predicted octanol–water partition coefficient (Wildman–Crippen LogP) is 2.41. The Hall–Kier alpha value is -1.20. The van der Waals surface area contributed by atoms with Crippen LogP contribution in [0.4, 0.5) is 0 Å². The molecule has 2 aromatic rings. The summed E-state index contributed by atoms with van der Waals surface area (Å²) in [5.41, 5.74) is 6.89. The van der Waals surface area contributed by atoms with Gasteiger partial charge in [0, 0.05) is 17.4 Å². The maximum Gasteiger partial charge on any atom is 0.234 e. The molecule has 0 amide bonds. The van der Waals surface area contributed by atoms with Crippen LogP contribution in [-0.4, -0.2) is 16.7 Å².